The average Bonchev–Trinajstić information content (AvgIpc) is 2.69. The van der Waals surface area contributed by atoms with Gasteiger partial charge in [-0.2, -0.15) is 0 Å². The summed E-state index contributed by atoms with van der Waals surface area (Å²) in [4.78, 5) is 12.6. The van der Waals surface area contributed by atoms with Crippen LogP contribution < -0.4 is 14.9 Å². The summed E-state index contributed by atoms with van der Waals surface area (Å²) in [5.74, 6) is -0.251. The Hall–Kier alpha value is -2.09. The number of nitrogens with one attached hydrogen (secondary N) is 2. The van der Waals surface area contributed by atoms with Gasteiger partial charge in [-0.15, -0.1) is 12.4 Å². The predicted octanol–water partition coefficient (Wildman–Crippen LogP) is 2.72. The van der Waals surface area contributed by atoms with Crippen LogP contribution in [-0.4, -0.2) is 40.5 Å². The molecule has 1 aliphatic rings. The van der Waals surface area contributed by atoms with Gasteiger partial charge in [0.1, 0.15) is 0 Å². The first kappa shape index (κ1) is 22.2. The zero-order valence-electron chi connectivity index (χ0n) is 16.0. The molecule has 1 heterocycles. The van der Waals surface area contributed by atoms with Crippen LogP contribution in [-0.2, 0) is 10.0 Å². The fourth-order valence-corrected chi connectivity index (χ4v) is 4.34. The van der Waals surface area contributed by atoms with Crippen molar-refractivity contribution in [2.75, 3.05) is 24.4 Å². The van der Waals surface area contributed by atoms with E-state index in [0.717, 1.165) is 31.5 Å². The Morgan fingerprint density at radius 1 is 1.18 bits per heavy atom. The first-order valence-corrected chi connectivity index (χ1v) is 10.5. The monoisotopic (exact) mass is 423 g/mol. The highest BCUT2D eigenvalue weighted by Gasteiger charge is 2.23. The lowest BCUT2D eigenvalue weighted by Gasteiger charge is -2.24. The van der Waals surface area contributed by atoms with Crippen LogP contribution in [0.25, 0.3) is 0 Å². The smallest absolute Gasteiger partial charge is 0.264 e. The molecule has 2 N–H and O–H groups in total. The van der Waals surface area contributed by atoms with Crippen LogP contribution >= 0.6 is 12.4 Å². The number of sulfonamides is 1. The van der Waals surface area contributed by atoms with Gasteiger partial charge in [-0.05, 0) is 56.6 Å². The molecule has 8 heteroatoms. The largest absolute Gasteiger partial charge is 0.348 e. The van der Waals surface area contributed by atoms with E-state index in [4.69, 9.17) is 0 Å². The molecule has 28 heavy (non-hydrogen) atoms. The number of hydrogen-bond donors (Lipinski definition) is 2. The number of aryl methyl sites for hydroxylation is 1. The second-order valence-electron chi connectivity index (χ2n) is 6.85. The highest BCUT2D eigenvalue weighted by molar-refractivity contribution is 7.92. The van der Waals surface area contributed by atoms with E-state index in [2.05, 4.69) is 10.6 Å². The summed E-state index contributed by atoms with van der Waals surface area (Å²) in [7, 11) is -2.24. The molecule has 0 aliphatic carbocycles. The van der Waals surface area contributed by atoms with Gasteiger partial charge in [0.15, 0.2) is 0 Å². The number of nitrogens with zero attached hydrogens (tertiary/aromatic N) is 1. The van der Waals surface area contributed by atoms with Crippen LogP contribution in [0.15, 0.2) is 53.4 Å². The van der Waals surface area contributed by atoms with Crippen LogP contribution in [0.4, 0.5) is 5.69 Å². The Labute approximate surface area is 172 Å². The molecule has 0 spiro atoms. The summed E-state index contributed by atoms with van der Waals surface area (Å²) in [5.41, 5.74) is 1.98. The number of carbonyl (C=O) groups excluding carboxylic acids is 1. The summed E-state index contributed by atoms with van der Waals surface area (Å²) in [6.45, 7) is 3.65. The van der Waals surface area contributed by atoms with E-state index in [1.54, 1.807) is 24.3 Å². The van der Waals surface area contributed by atoms with Gasteiger partial charge in [0.25, 0.3) is 15.9 Å². The van der Waals surface area contributed by atoms with Crippen LogP contribution in [0.2, 0.25) is 0 Å². The highest BCUT2D eigenvalue weighted by Crippen LogP contribution is 2.23. The second-order valence-corrected chi connectivity index (χ2v) is 8.82. The van der Waals surface area contributed by atoms with Gasteiger partial charge in [-0.25, -0.2) is 8.42 Å². The molecule has 0 unspecified atom stereocenters. The number of amides is 1. The van der Waals surface area contributed by atoms with E-state index in [0.29, 0.717) is 11.3 Å². The standard InChI is InChI=1S/C20H25N3O3S.ClH/c1-15-8-10-18(11-9-15)23(2)27(25,26)19-7-3-5-16(13-19)20(24)22-17-6-4-12-21-14-17;/h3,5,7-11,13,17,21H,4,6,12,14H2,1-2H3,(H,22,24);1H/t17-;/m0./s1. The Morgan fingerprint density at radius 2 is 1.89 bits per heavy atom. The zero-order chi connectivity index (χ0) is 19.4. The number of benzene rings is 2. The minimum atomic E-state index is -3.75. The molecule has 1 aliphatic heterocycles. The van der Waals surface area contributed by atoms with Crippen LogP contribution in [0.3, 0.4) is 0 Å². The summed E-state index contributed by atoms with van der Waals surface area (Å²) < 4.78 is 27.2. The summed E-state index contributed by atoms with van der Waals surface area (Å²) in [5, 5.41) is 6.22. The summed E-state index contributed by atoms with van der Waals surface area (Å²) >= 11 is 0. The van der Waals surface area contributed by atoms with Crippen molar-refractivity contribution in [1.29, 1.82) is 0 Å². The SMILES string of the molecule is Cc1ccc(N(C)S(=O)(=O)c2cccc(C(=O)N[C@H]3CCCNC3)c2)cc1.Cl. The van der Waals surface area contributed by atoms with E-state index in [1.165, 1.54) is 23.5 Å². The highest BCUT2D eigenvalue weighted by atomic mass is 35.5. The fourth-order valence-electron chi connectivity index (χ4n) is 3.09. The number of carbonyl (C=O) groups is 1. The van der Waals surface area contributed by atoms with E-state index < -0.39 is 10.0 Å². The van der Waals surface area contributed by atoms with Crippen molar-refractivity contribution in [2.24, 2.45) is 0 Å². The normalized spacial score (nSPS) is 16.7. The Balaban J connectivity index is 0.00000280. The number of rotatable bonds is 5. The zero-order valence-corrected chi connectivity index (χ0v) is 17.6. The van der Waals surface area contributed by atoms with Crippen LogP contribution in [0, 0.1) is 6.92 Å². The molecule has 0 saturated carbocycles. The molecule has 1 amide bonds. The van der Waals surface area contributed by atoms with Gasteiger partial charge in [-0.1, -0.05) is 23.8 Å². The van der Waals surface area contributed by atoms with Gasteiger partial charge in [0.2, 0.25) is 0 Å². The maximum atomic E-state index is 13.0. The molecule has 152 valence electrons. The molecule has 1 saturated heterocycles. The minimum Gasteiger partial charge on any atom is -0.348 e. The van der Waals surface area contributed by atoms with Crippen molar-refractivity contribution in [2.45, 2.75) is 30.7 Å². The van der Waals surface area contributed by atoms with Gasteiger partial charge in [0.05, 0.1) is 10.6 Å². The number of anilines is 1. The van der Waals surface area contributed by atoms with E-state index >= 15 is 0 Å². The molecule has 3 rings (SSSR count). The molecule has 1 atom stereocenters. The third kappa shape index (κ3) is 5.04. The van der Waals surface area contributed by atoms with Gasteiger partial charge >= 0.3 is 0 Å². The molecule has 6 nitrogen and oxygen atoms in total. The number of hydrogen-bond acceptors (Lipinski definition) is 4. The van der Waals surface area contributed by atoms with E-state index in [9.17, 15) is 13.2 Å². The number of piperidine rings is 1. The average molecular weight is 424 g/mol. The fraction of sp³-hybridized carbons (Fsp3) is 0.350. The van der Waals surface area contributed by atoms with Crippen LogP contribution in [0.1, 0.15) is 28.8 Å². The molecule has 0 aromatic heterocycles. The molecular formula is C20H26ClN3O3S. The molecule has 0 bridgehead atoms. The van der Waals surface area contributed by atoms with Gasteiger partial charge < -0.3 is 10.6 Å². The maximum Gasteiger partial charge on any atom is 0.264 e. The molecular weight excluding hydrogens is 398 g/mol. The summed E-state index contributed by atoms with van der Waals surface area (Å²) in [6.07, 6.45) is 1.94. The molecule has 0 radical (unpaired) electrons. The minimum absolute atomic E-state index is 0. The van der Waals surface area contributed by atoms with Crippen molar-refractivity contribution in [3.05, 3.63) is 59.7 Å². The van der Waals surface area contributed by atoms with Gasteiger partial charge in [0, 0.05) is 25.2 Å². The third-order valence-electron chi connectivity index (χ3n) is 4.78. The second kappa shape index (κ2) is 9.41. The van der Waals surface area contributed by atoms with Crippen molar-refractivity contribution in [3.63, 3.8) is 0 Å². The lowest BCUT2D eigenvalue weighted by molar-refractivity contribution is 0.0930. The predicted molar refractivity (Wildman–Crippen MR) is 114 cm³/mol. The van der Waals surface area contributed by atoms with E-state index in [1.807, 2.05) is 19.1 Å². The first-order valence-electron chi connectivity index (χ1n) is 9.05. The third-order valence-corrected chi connectivity index (χ3v) is 6.57. The van der Waals surface area contributed by atoms with Crippen molar-refractivity contribution in [1.82, 2.24) is 10.6 Å². The lowest BCUT2D eigenvalue weighted by atomic mass is 10.1. The Kier molecular flexibility index (Phi) is 7.46. The number of halogens is 1. The van der Waals surface area contributed by atoms with Gasteiger partial charge in [-0.3, -0.25) is 9.10 Å². The van der Waals surface area contributed by atoms with Crippen LogP contribution in [0.5, 0.6) is 0 Å². The van der Waals surface area contributed by atoms with Crippen molar-refractivity contribution in [3.8, 4) is 0 Å². The Morgan fingerprint density at radius 3 is 2.54 bits per heavy atom. The topological polar surface area (TPSA) is 78.5 Å². The van der Waals surface area contributed by atoms with Crippen molar-refractivity contribution < 1.29 is 13.2 Å². The Bertz CT molecular complexity index is 911. The molecule has 2 aromatic rings. The van der Waals surface area contributed by atoms with E-state index in [-0.39, 0.29) is 29.3 Å². The maximum absolute atomic E-state index is 13.0. The molecule has 2 aromatic carbocycles. The first-order chi connectivity index (χ1) is 12.9. The quantitative estimate of drug-likeness (QED) is 0.775. The molecule has 1 fully saturated rings. The van der Waals surface area contributed by atoms with Crippen molar-refractivity contribution >= 4 is 34.0 Å². The summed E-state index contributed by atoms with van der Waals surface area (Å²) in [6, 6.07) is 13.5. The lowest BCUT2D eigenvalue weighted by Crippen LogP contribution is -2.45.